The normalized spacial score (nSPS) is 21.8. The molecule has 0 spiro atoms. The van der Waals surface area contributed by atoms with Gasteiger partial charge in [-0.05, 0) is 38.6 Å². The van der Waals surface area contributed by atoms with Crippen LogP contribution in [-0.4, -0.2) is 11.5 Å². The number of rotatable bonds is 6. The van der Waals surface area contributed by atoms with Gasteiger partial charge < -0.3 is 5.32 Å². The zero-order chi connectivity index (χ0) is 11.9. The topological polar surface area (TPSA) is 24.9 Å². The SMILES string of the molecule is CCCNCc1sc(C2(C)CC2)nc1C1CC1. The molecule has 1 aromatic rings. The summed E-state index contributed by atoms with van der Waals surface area (Å²) < 4.78 is 0. The van der Waals surface area contributed by atoms with Gasteiger partial charge in [0.05, 0.1) is 10.7 Å². The van der Waals surface area contributed by atoms with E-state index in [1.54, 1.807) is 0 Å². The molecule has 2 saturated carbocycles. The molecule has 0 radical (unpaired) electrons. The second kappa shape index (κ2) is 4.36. The highest BCUT2D eigenvalue weighted by atomic mass is 32.1. The molecular formula is C14H22N2S. The molecule has 0 aromatic carbocycles. The van der Waals surface area contributed by atoms with Crippen molar-refractivity contribution in [3.63, 3.8) is 0 Å². The summed E-state index contributed by atoms with van der Waals surface area (Å²) >= 11 is 1.97. The third kappa shape index (κ3) is 2.41. The summed E-state index contributed by atoms with van der Waals surface area (Å²) in [7, 11) is 0. The Morgan fingerprint density at radius 2 is 2.18 bits per heavy atom. The zero-order valence-electron chi connectivity index (χ0n) is 10.9. The molecular weight excluding hydrogens is 228 g/mol. The Morgan fingerprint density at radius 3 is 2.76 bits per heavy atom. The van der Waals surface area contributed by atoms with Crippen LogP contribution in [0.3, 0.4) is 0 Å². The molecule has 0 unspecified atom stereocenters. The third-order valence-electron chi connectivity index (χ3n) is 3.92. The van der Waals surface area contributed by atoms with Crippen molar-refractivity contribution in [2.75, 3.05) is 6.54 Å². The van der Waals surface area contributed by atoms with Gasteiger partial charge in [-0.25, -0.2) is 4.98 Å². The molecule has 1 N–H and O–H groups in total. The molecule has 94 valence electrons. The van der Waals surface area contributed by atoms with Crippen LogP contribution >= 0.6 is 11.3 Å². The van der Waals surface area contributed by atoms with Crippen LogP contribution < -0.4 is 5.32 Å². The molecule has 2 aliphatic rings. The molecule has 2 fully saturated rings. The lowest BCUT2D eigenvalue weighted by Gasteiger charge is -2.02. The Bertz CT molecular complexity index is 402. The van der Waals surface area contributed by atoms with Crippen molar-refractivity contribution >= 4 is 11.3 Å². The maximum Gasteiger partial charge on any atom is 0.0990 e. The van der Waals surface area contributed by atoms with E-state index in [4.69, 9.17) is 4.98 Å². The van der Waals surface area contributed by atoms with E-state index in [9.17, 15) is 0 Å². The van der Waals surface area contributed by atoms with E-state index in [2.05, 4.69) is 19.2 Å². The summed E-state index contributed by atoms with van der Waals surface area (Å²) in [6, 6.07) is 0. The molecule has 3 heteroatoms. The molecule has 0 saturated heterocycles. The van der Waals surface area contributed by atoms with E-state index in [-0.39, 0.29) is 0 Å². The quantitative estimate of drug-likeness (QED) is 0.781. The number of nitrogens with zero attached hydrogens (tertiary/aromatic N) is 1. The smallest absolute Gasteiger partial charge is 0.0990 e. The van der Waals surface area contributed by atoms with Crippen molar-refractivity contribution in [2.24, 2.45) is 0 Å². The number of hydrogen-bond acceptors (Lipinski definition) is 3. The first-order chi connectivity index (χ1) is 8.23. The van der Waals surface area contributed by atoms with Crippen LogP contribution in [0.1, 0.15) is 67.4 Å². The van der Waals surface area contributed by atoms with Crippen molar-refractivity contribution in [3.05, 3.63) is 15.6 Å². The summed E-state index contributed by atoms with van der Waals surface area (Å²) in [6.07, 6.45) is 6.61. The Kier molecular flexibility index (Phi) is 2.99. The van der Waals surface area contributed by atoms with E-state index in [1.807, 2.05) is 11.3 Å². The van der Waals surface area contributed by atoms with Crippen LogP contribution in [0.2, 0.25) is 0 Å². The van der Waals surface area contributed by atoms with Crippen LogP contribution in [0.4, 0.5) is 0 Å². The number of nitrogens with one attached hydrogen (secondary N) is 1. The Labute approximate surface area is 108 Å². The first-order valence-corrected chi connectivity index (χ1v) is 7.75. The lowest BCUT2D eigenvalue weighted by molar-refractivity contribution is 0.675. The van der Waals surface area contributed by atoms with Crippen LogP contribution in [-0.2, 0) is 12.0 Å². The van der Waals surface area contributed by atoms with Gasteiger partial charge in [-0.15, -0.1) is 11.3 Å². The molecule has 0 amide bonds. The van der Waals surface area contributed by atoms with Crippen molar-refractivity contribution < 1.29 is 0 Å². The van der Waals surface area contributed by atoms with Crippen molar-refractivity contribution in [1.29, 1.82) is 0 Å². The van der Waals surface area contributed by atoms with E-state index in [0.717, 1.165) is 19.0 Å². The van der Waals surface area contributed by atoms with Crippen LogP contribution in [0.25, 0.3) is 0 Å². The molecule has 0 aliphatic heterocycles. The van der Waals surface area contributed by atoms with Gasteiger partial charge in [-0.2, -0.15) is 0 Å². The Balaban J connectivity index is 1.77. The maximum atomic E-state index is 4.96. The standard InChI is InChI=1S/C14H22N2S/c1-3-8-15-9-11-12(10-4-5-10)16-13(17-11)14(2)6-7-14/h10,15H,3-9H2,1-2H3. The number of thiazole rings is 1. The van der Waals surface area contributed by atoms with E-state index < -0.39 is 0 Å². The fourth-order valence-corrected chi connectivity index (χ4v) is 3.52. The second-order valence-corrected chi connectivity index (χ2v) is 6.92. The molecule has 3 rings (SSSR count). The fourth-order valence-electron chi connectivity index (χ4n) is 2.20. The minimum Gasteiger partial charge on any atom is -0.312 e. The van der Waals surface area contributed by atoms with Gasteiger partial charge in [0.25, 0.3) is 0 Å². The molecule has 1 heterocycles. The van der Waals surface area contributed by atoms with E-state index >= 15 is 0 Å². The molecule has 0 atom stereocenters. The van der Waals surface area contributed by atoms with Crippen molar-refractivity contribution in [2.45, 2.75) is 63.8 Å². The lowest BCUT2D eigenvalue weighted by atomic mass is 10.1. The molecule has 1 aromatic heterocycles. The van der Waals surface area contributed by atoms with Crippen molar-refractivity contribution in [1.82, 2.24) is 10.3 Å². The van der Waals surface area contributed by atoms with E-state index in [1.165, 1.54) is 47.7 Å². The largest absolute Gasteiger partial charge is 0.312 e. The minimum absolute atomic E-state index is 0.442. The first kappa shape index (κ1) is 11.7. The fraction of sp³-hybridized carbons (Fsp3) is 0.786. The predicted molar refractivity (Wildman–Crippen MR) is 72.7 cm³/mol. The number of aromatic nitrogens is 1. The summed E-state index contributed by atoms with van der Waals surface area (Å²) in [5.74, 6) is 0.792. The summed E-state index contributed by atoms with van der Waals surface area (Å²) in [4.78, 5) is 6.48. The number of hydrogen-bond donors (Lipinski definition) is 1. The molecule has 2 nitrogen and oxygen atoms in total. The van der Waals surface area contributed by atoms with Gasteiger partial charge in [-0.1, -0.05) is 13.8 Å². The van der Waals surface area contributed by atoms with Gasteiger partial charge >= 0.3 is 0 Å². The highest BCUT2D eigenvalue weighted by Crippen LogP contribution is 2.51. The van der Waals surface area contributed by atoms with E-state index in [0.29, 0.717) is 5.41 Å². The summed E-state index contributed by atoms with van der Waals surface area (Å²) in [5.41, 5.74) is 1.87. The van der Waals surface area contributed by atoms with Crippen LogP contribution in [0, 0.1) is 0 Å². The summed E-state index contributed by atoms with van der Waals surface area (Å²) in [6.45, 7) is 6.74. The monoisotopic (exact) mass is 250 g/mol. The highest BCUT2D eigenvalue weighted by molar-refractivity contribution is 7.12. The van der Waals surface area contributed by atoms with Crippen molar-refractivity contribution in [3.8, 4) is 0 Å². The third-order valence-corrected chi connectivity index (χ3v) is 5.30. The van der Waals surface area contributed by atoms with Gasteiger partial charge in [0.1, 0.15) is 0 Å². The Hall–Kier alpha value is -0.410. The highest BCUT2D eigenvalue weighted by Gasteiger charge is 2.43. The van der Waals surface area contributed by atoms with Gasteiger partial charge in [0, 0.05) is 22.8 Å². The lowest BCUT2D eigenvalue weighted by Crippen LogP contribution is -2.13. The van der Waals surface area contributed by atoms with Crippen LogP contribution in [0.15, 0.2) is 0 Å². The Morgan fingerprint density at radius 1 is 1.41 bits per heavy atom. The van der Waals surface area contributed by atoms with Gasteiger partial charge in [0.15, 0.2) is 0 Å². The predicted octanol–water partition coefficient (Wildman–Crippen LogP) is 3.57. The van der Waals surface area contributed by atoms with Gasteiger partial charge in [0.2, 0.25) is 0 Å². The second-order valence-electron chi connectivity index (χ2n) is 5.84. The minimum atomic E-state index is 0.442. The van der Waals surface area contributed by atoms with Gasteiger partial charge in [-0.3, -0.25) is 0 Å². The average Bonchev–Trinajstić information content (AvgIpc) is 3.23. The molecule has 17 heavy (non-hydrogen) atoms. The maximum absolute atomic E-state index is 4.96. The molecule has 0 bridgehead atoms. The zero-order valence-corrected chi connectivity index (χ0v) is 11.7. The molecule has 2 aliphatic carbocycles. The van der Waals surface area contributed by atoms with Crippen LogP contribution in [0.5, 0.6) is 0 Å². The summed E-state index contributed by atoms with van der Waals surface area (Å²) in [5, 5.41) is 4.94. The average molecular weight is 250 g/mol. The first-order valence-electron chi connectivity index (χ1n) is 6.94.